The number of carbonyl (C=O) groups is 1. The molecule has 0 saturated carbocycles. The van der Waals surface area contributed by atoms with E-state index in [1.54, 1.807) is 18.2 Å². The van der Waals surface area contributed by atoms with Crippen LogP contribution in [-0.4, -0.2) is 13.7 Å². The van der Waals surface area contributed by atoms with Crippen LogP contribution >= 0.6 is 0 Å². The molecule has 1 amide bonds. The zero-order valence-electron chi connectivity index (χ0n) is 14.4. The van der Waals surface area contributed by atoms with Crippen molar-refractivity contribution >= 4 is 20.8 Å². The average molecular weight is 379 g/mol. The first-order chi connectivity index (χ1) is 13.1. The molecule has 0 aromatic heterocycles. The molecule has 0 N–H and O–H groups in total. The standard InChI is InChI=1S/C21H17NO4S/c23-21-22(19-8-4-5-9-20(19)27(21,24)25)14-16-10-12-18(13-11-16)26-15-17-6-2-1-3-7-17/h1-13H,14-15H2. The first-order valence-electron chi connectivity index (χ1n) is 8.47. The van der Waals surface area contributed by atoms with E-state index in [2.05, 4.69) is 0 Å². The molecule has 0 radical (unpaired) electrons. The van der Waals surface area contributed by atoms with Gasteiger partial charge in [0.2, 0.25) is 0 Å². The molecular formula is C21H17NO4S. The van der Waals surface area contributed by atoms with Gasteiger partial charge in [0.15, 0.2) is 0 Å². The smallest absolute Gasteiger partial charge is 0.348 e. The molecule has 0 aliphatic carbocycles. The number of amides is 1. The van der Waals surface area contributed by atoms with Gasteiger partial charge in [0.1, 0.15) is 17.3 Å². The van der Waals surface area contributed by atoms with Crippen LogP contribution in [0.5, 0.6) is 5.75 Å². The van der Waals surface area contributed by atoms with E-state index in [9.17, 15) is 13.2 Å². The molecule has 1 heterocycles. The predicted molar refractivity (Wildman–Crippen MR) is 102 cm³/mol. The summed E-state index contributed by atoms with van der Waals surface area (Å²) in [6, 6.07) is 23.6. The summed E-state index contributed by atoms with van der Waals surface area (Å²) in [4.78, 5) is 13.7. The molecule has 0 bridgehead atoms. The number of carbonyl (C=O) groups excluding carboxylic acids is 1. The van der Waals surface area contributed by atoms with Crippen molar-refractivity contribution in [1.29, 1.82) is 0 Å². The average Bonchev–Trinajstić information content (AvgIpc) is 2.89. The summed E-state index contributed by atoms with van der Waals surface area (Å²) < 4.78 is 30.2. The number of hydrogen-bond acceptors (Lipinski definition) is 4. The van der Waals surface area contributed by atoms with E-state index in [0.29, 0.717) is 18.0 Å². The summed E-state index contributed by atoms with van der Waals surface area (Å²) in [5.74, 6) is 0.711. The second kappa shape index (κ2) is 6.89. The summed E-state index contributed by atoms with van der Waals surface area (Å²) >= 11 is 0. The van der Waals surface area contributed by atoms with Gasteiger partial charge in [-0.1, -0.05) is 54.6 Å². The zero-order chi connectivity index (χ0) is 18.9. The lowest BCUT2D eigenvalue weighted by molar-refractivity contribution is 0.263. The van der Waals surface area contributed by atoms with Crippen LogP contribution < -0.4 is 9.64 Å². The lowest BCUT2D eigenvalue weighted by atomic mass is 10.2. The SMILES string of the molecule is O=C1N(Cc2ccc(OCc3ccccc3)cc2)c2ccccc2S1(=O)=O. The molecular weight excluding hydrogens is 362 g/mol. The van der Waals surface area contributed by atoms with Gasteiger partial charge in [-0.3, -0.25) is 9.69 Å². The van der Waals surface area contributed by atoms with Gasteiger partial charge in [-0.2, -0.15) is 0 Å². The maximum absolute atomic E-state index is 12.3. The Hall–Kier alpha value is -3.12. The van der Waals surface area contributed by atoms with E-state index >= 15 is 0 Å². The molecule has 1 aliphatic rings. The van der Waals surface area contributed by atoms with Crippen molar-refractivity contribution in [1.82, 2.24) is 0 Å². The Morgan fingerprint density at radius 3 is 2.19 bits per heavy atom. The second-order valence-electron chi connectivity index (χ2n) is 6.24. The molecule has 5 nitrogen and oxygen atoms in total. The summed E-state index contributed by atoms with van der Waals surface area (Å²) in [6.07, 6.45) is 0. The van der Waals surface area contributed by atoms with Crippen molar-refractivity contribution in [3.05, 3.63) is 90.0 Å². The molecule has 1 aliphatic heterocycles. The number of fused-ring (bicyclic) bond motifs is 1. The van der Waals surface area contributed by atoms with Crippen molar-refractivity contribution in [2.75, 3.05) is 4.90 Å². The lowest BCUT2D eigenvalue weighted by Crippen LogP contribution is -2.27. The highest BCUT2D eigenvalue weighted by atomic mass is 32.2. The van der Waals surface area contributed by atoms with Crippen molar-refractivity contribution in [2.24, 2.45) is 0 Å². The Bertz CT molecular complexity index is 1080. The molecule has 3 aromatic rings. The van der Waals surface area contributed by atoms with Crippen LogP contribution in [0.1, 0.15) is 11.1 Å². The van der Waals surface area contributed by atoms with Gasteiger partial charge in [0.25, 0.3) is 9.84 Å². The third-order valence-corrected chi connectivity index (χ3v) is 6.01. The summed E-state index contributed by atoms with van der Waals surface area (Å²) in [6.45, 7) is 0.657. The van der Waals surface area contributed by atoms with Crippen molar-refractivity contribution < 1.29 is 17.9 Å². The molecule has 0 fully saturated rings. The topological polar surface area (TPSA) is 63.7 Å². The number of anilines is 1. The molecule has 0 unspecified atom stereocenters. The van der Waals surface area contributed by atoms with E-state index in [4.69, 9.17) is 4.74 Å². The zero-order valence-corrected chi connectivity index (χ0v) is 15.2. The van der Waals surface area contributed by atoms with Crippen LogP contribution in [0.3, 0.4) is 0 Å². The normalized spacial score (nSPS) is 14.8. The van der Waals surface area contributed by atoms with Gasteiger partial charge in [-0.15, -0.1) is 0 Å². The molecule has 27 heavy (non-hydrogen) atoms. The molecule has 3 aromatic carbocycles. The number of benzene rings is 3. The van der Waals surface area contributed by atoms with Gasteiger partial charge >= 0.3 is 5.24 Å². The number of hydrogen-bond donors (Lipinski definition) is 0. The Balaban J connectivity index is 1.48. The fourth-order valence-electron chi connectivity index (χ4n) is 3.01. The highest BCUT2D eigenvalue weighted by Gasteiger charge is 2.41. The van der Waals surface area contributed by atoms with Crippen LogP contribution in [-0.2, 0) is 23.0 Å². The van der Waals surface area contributed by atoms with Crippen molar-refractivity contribution in [2.45, 2.75) is 18.0 Å². The van der Waals surface area contributed by atoms with Crippen molar-refractivity contribution in [3.63, 3.8) is 0 Å². The van der Waals surface area contributed by atoms with Crippen LogP contribution in [0.2, 0.25) is 0 Å². The molecule has 0 spiro atoms. The Labute approximate surface area is 157 Å². The quantitative estimate of drug-likeness (QED) is 0.667. The van der Waals surface area contributed by atoms with Crippen LogP contribution in [0.25, 0.3) is 0 Å². The number of sulfone groups is 1. The molecule has 4 rings (SSSR count). The largest absolute Gasteiger partial charge is 0.489 e. The fraction of sp³-hybridized carbons (Fsp3) is 0.0952. The second-order valence-corrected chi connectivity index (χ2v) is 8.04. The van der Waals surface area contributed by atoms with Gasteiger partial charge in [0.05, 0.1) is 12.2 Å². The Kier molecular flexibility index (Phi) is 4.41. The minimum atomic E-state index is -3.94. The highest BCUT2D eigenvalue weighted by Crippen LogP contribution is 2.36. The third-order valence-electron chi connectivity index (χ3n) is 4.41. The third kappa shape index (κ3) is 3.31. The Morgan fingerprint density at radius 1 is 0.778 bits per heavy atom. The van der Waals surface area contributed by atoms with Crippen LogP contribution in [0.15, 0.2) is 83.8 Å². The Morgan fingerprint density at radius 2 is 1.44 bits per heavy atom. The summed E-state index contributed by atoms with van der Waals surface area (Å²) in [7, 11) is -3.94. The molecule has 6 heteroatoms. The van der Waals surface area contributed by atoms with E-state index in [1.807, 2.05) is 54.6 Å². The molecule has 136 valence electrons. The summed E-state index contributed by atoms with van der Waals surface area (Å²) in [5, 5.41) is -0.881. The number of ether oxygens (including phenoxy) is 1. The first-order valence-corrected chi connectivity index (χ1v) is 9.95. The molecule has 0 atom stereocenters. The van der Waals surface area contributed by atoms with E-state index in [-0.39, 0.29) is 11.4 Å². The minimum Gasteiger partial charge on any atom is -0.489 e. The predicted octanol–water partition coefficient (Wildman–Crippen LogP) is 4.18. The van der Waals surface area contributed by atoms with E-state index < -0.39 is 15.1 Å². The number of para-hydroxylation sites is 1. The van der Waals surface area contributed by atoms with E-state index in [0.717, 1.165) is 11.1 Å². The molecule has 0 saturated heterocycles. The van der Waals surface area contributed by atoms with E-state index in [1.165, 1.54) is 11.0 Å². The van der Waals surface area contributed by atoms with Gasteiger partial charge in [-0.25, -0.2) is 8.42 Å². The fourth-order valence-corrected chi connectivity index (χ4v) is 4.36. The van der Waals surface area contributed by atoms with Gasteiger partial charge < -0.3 is 4.74 Å². The number of nitrogens with zero attached hydrogens (tertiary/aromatic N) is 1. The highest BCUT2D eigenvalue weighted by molar-refractivity contribution is 8.07. The minimum absolute atomic E-state index is 0.0674. The van der Waals surface area contributed by atoms with Crippen molar-refractivity contribution in [3.8, 4) is 5.75 Å². The number of rotatable bonds is 5. The maximum Gasteiger partial charge on any atom is 0.348 e. The first kappa shape index (κ1) is 17.3. The van der Waals surface area contributed by atoms with Crippen LogP contribution in [0, 0.1) is 0 Å². The van der Waals surface area contributed by atoms with Crippen LogP contribution in [0.4, 0.5) is 10.5 Å². The maximum atomic E-state index is 12.3. The van der Waals surface area contributed by atoms with Gasteiger partial charge in [-0.05, 0) is 35.4 Å². The lowest BCUT2D eigenvalue weighted by Gasteiger charge is -2.16. The monoisotopic (exact) mass is 379 g/mol. The summed E-state index contributed by atoms with van der Waals surface area (Å²) in [5.41, 5.74) is 2.32. The van der Waals surface area contributed by atoms with Gasteiger partial charge in [0, 0.05) is 0 Å².